The second kappa shape index (κ2) is 6.57. The van der Waals surface area contributed by atoms with Crippen molar-refractivity contribution in [2.75, 3.05) is 0 Å². The summed E-state index contributed by atoms with van der Waals surface area (Å²) in [4.78, 5) is 22.4. The van der Waals surface area contributed by atoms with E-state index in [0.717, 1.165) is 5.56 Å². The van der Waals surface area contributed by atoms with Crippen molar-refractivity contribution in [2.24, 2.45) is 0 Å². The molecular weight excluding hydrogens is 266 g/mol. The largest absolute Gasteiger partial charge is 0.481 e. The van der Waals surface area contributed by atoms with Crippen LogP contribution in [0, 0.1) is 0 Å². The van der Waals surface area contributed by atoms with Gasteiger partial charge in [-0.1, -0.05) is 23.7 Å². The Morgan fingerprint density at radius 3 is 2.37 bits per heavy atom. The number of aliphatic carboxylic acids is 1. The zero-order valence-corrected chi connectivity index (χ0v) is 11.8. The van der Waals surface area contributed by atoms with Crippen LogP contribution in [-0.2, 0) is 16.0 Å². The first-order chi connectivity index (χ1) is 8.78. The van der Waals surface area contributed by atoms with Gasteiger partial charge in [0.05, 0.1) is 6.42 Å². The number of carboxylic acids is 1. The van der Waals surface area contributed by atoms with Crippen molar-refractivity contribution in [3.63, 3.8) is 0 Å². The van der Waals surface area contributed by atoms with Gasteiger partial charge >= 0.3 is 5.97 Å². The van der Waals surface area contributed by atoms with E-state index in [1.807, 2.05) is 13.8 Å². The van der Waals surface area contributed by atoms with E-state index >= 15 is 0 Å². The van der Waals surface area contributed by atoms with Crippen LogP contribution >= 0.6 is 11.6 Å². The molecule has 0 saturated carbocycles. The van der Waals surface area contributed by atoms with E-state index in [4.69, 9.17) is 16.7 Å². The molecule has 5 heteroatoms. The van der Waals surface area contributed by atoms with Crippen molar-refractivity contribution >= 4 is 23.5 Å². The summed E-state index contributed by atoms with van der Waals surface area (Å²) in [6, 6.07) is 7.07. The van der Waals surface area contributed by atoms with Crippen molar-refractivity contribution in [1.29, 1.82) is 0 Å². The standard InChI is InChI=1S/C14H18ClNO3/c1-14(2,8-7-13(18)19)16-12(17)9-10-3-5-11(15)6-4-10/h3-6H,7-9H2,1-2H3,(H,16,17)(H,18,19). The van der Waals surface area contributed by atoms with Gasteiger partial charge in [0.15, 0.2) is 0 Å². The molecule has 0 aliphatic heterocycles. The molecule has 0 unspecified atom stereocenters. The molecule has 0 aliphatic rings. The lowest BCUT2D eigenvalue weighted by molar-refractivity contribution is -0.137. The van der Waals surface area contributed by atoms with Crippen molar-refractivity contribution in [1.82, 2.24) is 5.32 Å². The molecular formula is C14H18ClNO3. The number of halogens is 1. The fourth-order valence-electron chi connectivity index (χ4n) is 1.69. The highest BCUT2D eigenvalue weighted by Gasteiger charge is 2.21. The zero-order chi connectivity index (χ0) is 14.5. The monoisotopic (exact) mass is 283 g/mol. The van der Waals surface area contributed by atoms with E-state index in [9.17, 15) is 9.59 Å². The molecule has 0 atom stereocenters. The molecule has 1 aromatic carbocycles. The average Bonchev–Trinajstić information content (AvgIpc) is 2.29. The van der Waals surface area contributed by atoms with Crippen molar-refractivity contribution < 1.29 is 14.7 Å². The van der Waals surface area contributed by atoms with E-state index in [1.54, 1.807) is 24.3 Å². The van der Waals surface area contributed by atoms with Crippen LogP contribution in [0.2, 0.25) is 5.02 Å². The van der Waals surface area contributed by atoms with E-state index in [-0.39, 0.29) is 18.7 Å². The molecule has 4 nitrogen and oxygen atoms in total. The van der Waals surface area contributed by atoms with E-state index < -0.39 is 11.5 Å². The van der Waals surface area contributed by atoms with Gasteiger partial charge in [-0.15, -0.1) is 0 Å². The van der Waals surface area contributed by atoms with Crippen molar-refractivity contribution in [3.8, 4) is 0 Å². The fourth-order valence-corrected chi connectivity index (χ4v) is 1.82. The minimum absolute atomic E-state index is 0.0359. The maximum absolute atomic E-state index is 11.9. The highest BCUT2D eigenvalue weighted by molar-refractivity contribution is 6.30. The van der Waals surface area contributed by atoms with Crippen LogP contribution in [0.25, 0.3) is 0 Å². The lowest BCUT2D eigenvalue weighted by atomic mass is 9.98. The minimum Gasteiger partial charge on any atom is -0.481 e. The van der Waals surface area contributed by atoms with Crippen LogP contribution < -0.4 is 5.32 Å². The van der Waals surface area contributed by atoms with E-state index in [0.29, 0.717) is 11.4 Å². The molecule has 0 bridgehead atoms. The first kappa shape index (κ1) is 15.5. The van der Waals surface area contributed by atoms with Gasteiger partial charge in [0.2, 0.25) is 5.91 Å². The molecule has 0 radical (unpaired) electrons. The predicted molar refractivity (Wildman–Crippen MR) is 74.2 cm³/mol. The quantitative estimate of drug-likeness (QED) is 0.843. The Balaban J connectivity index is 2.50. The molecule has 0 saturated heterocycles. The van der Waals surface area contributed by atoms with Crippen molar-refractivity contribution in [2.45, 2.75) is 38.6 Å². The second-order valence-corrected chi connectivity index (χ2v) is 5.57. The Bertz CT molecular complexity index is 454. The van der Waals surface area contributed by atoms with Gasteiger partial charge in [0.1, 0.15) is 0 Å². The third-order valence-corrected chi connectivity index (χ3v) is 2.97. The zero-order valence-electron chi connectivity index (χ0n) is 11.1. The first-order valence-corrected chi connectivity index (χ1v) is 6.43. The Morgan fingerprint density at radius 1 is 1.26 bits per heavy atom. The van der Waals surface area contributed by atoms with Gasteiger partial charge in [0.25, 0.3) is 0 Å². The average molecular weight is 284 g/mol. The third kappa shape index (κ3) is 6.25. The minimum atomic E-state index is -0.861. The Kier molecular flexibility index (Phi) is 5.36. The van der Waals surface area contributed by atoms with Gasteiger partial charge in [-0.25, -0.2) is 0 Å². The predicted octanol–water partition coefficient (Wildman–Crippen LogP) is 2.64. The Labute approximate surface area is 117 Å². The summed E-state index contributed by atoms with van der Waals surface area (Å²) < 4.78 is 0. The maximum atomic E-state index is 11.9. The second-order valence-electron chi connectivity index (χ2n) is 5.13. The normalized spacial score (nSPS) is 11.1. The Hall–Kier alpha value is -1.55. The Morgan fingerprint density at radius 2 is 1.84 bits per heavy atom. The third-order valence-electron chi connectivity index (χ3n) is 2.72. The molecule has 0 fully saturated rings. The molecule has 0 aliphatic carbocycles. The van der Waals surface area contributed by atoms with E-state index in [1.165, 1.54) is 0 Å². The summed E-state index contributed by atoms with van der Waals surface area (Å²) in [7, 11) is 0. The smallest absolute Gasteiger partial charge is 0.303 e. The molecule has 1 amide bonds. The maximum Gasteiger partial charge on any atom is 0.303 e. The number of hydrogen-bond donors (Lipinski definition) is 2. The summed E-state index contributed by atoms with van der Waals surface area (Å²) >= 11 is 5.77. The molecule has 104 valence electrons. The number of carbonyl (C=O) groups is 2. The number of amides is 1. The lowest BCUT2D eigenvalue weighted by Gasteiger charge is -2.25. The van der Waals surface area contributed by atoms with Gasteiger partial charge in [-0.05, 0) is 38.0 Å². The molecule has 0 spiro atoms. The van der Waals surface area contributed by atoms with Gasteiger partial charge in [-0.2, -0.15) is 0 Å². The van der Waals surface area contributed by atoms with Gasteiger partial charge in [0, 0.05) is 17.0 Å². The SMILES string of the molecule is CC(C)(CCC(=O)O)NC(=O)Cc1ccc(Cl)cc1. The fraction of sp³-hybridized carbons (Fsp3) is 0.429. The van der Waals surface area contributed by atoms with Gasteiger partial charge < -0.3 is 10.4 Å². The van der Waals surface area contributed by atoms with Crippen LogP contribution in [0.5, 0.6) is 0 Å². The molecule has 2 N–H and O–H groups in total. The molecule has 0 aromatic heterocycles. The van der Waals surface area contributed by atoms with Crippen molar-refractivity contribution in [3.05, 3.63) is 34.9 Å². The summed E-state index contributed by atoms with van der Waals surface area (Å²) in [6.45, 7) is 3.63. The van der Waals surface area contributed by atoms with Crippen LogP contribution in [0.3, 0.4) is 0 Å². The van der Waals surface area contributed by atoms with Gasteiger partial charge in [-0.3, -0.25) is 9.59 Å². The summed E-state index contributed by atoms with van der Waals surface area (Å²) in [5.74, 6) is -0.988. The number of rotatable bonds is 6. The summed E-state index contributed by atoms with van der Waals surface area (Å²) in [5, 5.41) is 12.1. The number of benzene rings is 1. The first-order valence-electron chi connectivity index (χ1n) is 6.06. The van der Waals surface area contributed by atoms with Crippen LogP contribution in [0.4, 0.5) is 0 Å². The molecule has 1 aromatic rings. The molecule has 1 rings (SSSR count). The van der Waals surface area contributed by atoms with E-state index in [2.05, 4.69) is 5.32 Å². The van der Waals surface area contributed by atoms with Crippen LogP contribution in [0.15, 0.2) is 24.3 Å². The molecule has 0 heterocycles. The summed E-state index contributed by atoms with van der Waals surface area (Å²) in [5.41, 5.74) is 0.345. The highest BCUT2D eigenvalue weighted by Crippen LogP contribution is 2.13. The molecule has 19 heavy (non-hydrogen) atoms. The number of hydrogen-bond acceptors (Lipinski definition) is 2. The van der Waals surface area contributed by atoms with Crippen LogP contribution in [0.1, 0.15) is 32.3 Å². The number of nitrogens with one attached hydrogen (secondary N) is 1. The highest BCUT2D eigenvalue weighted by atomic mass is 35.5. The summed E-state index contributed by atoms with van der Waals surface area (Å²) in [6.07, 6.45) is 0.691. The lowest BCUT2D eigenvalue weighted by Crippen LogP contribution is -2.44. The number of carbonyl (C=O) groups excluding carboxylic acids is 1. The number of carboxylic acid groups (broad SMARTS) is 1. The van der Waals surface area contributed by atoms with Crippen LogP contribution in [-0.4, -0.2) is 22.5 Å². The topological polar surface area (TPSA) is 66.4 Å².